The largest absolute Gasteiger partial charge is 0.383 e. The average Bonchev–Trinajstić information content (AvgIpc) is 3.52. The number of amides is 1. The Kier molecular flexibility index (Phi) is 6.61. The van der Waals surface area contributed by atoms with Crippen LogP contribution in [0, 0.1) is 0 Å². The first-order valence-corrected chi connectivity index (χ1v) is 9.92. The summed E-state index contributed by atoms with van der Waals surface area (Å²) in [5.41, 5.74) is 0.968. The molecule has 27 heavy (non-hydrogen) atoms. The normalized spacial score (nSPS) is 14.9. The number of benzene rings is 1. The van der Waals surface area contributed by atoms with Crippen LogP contribution in [0.25, 0.3) is 10.9 Å². The van der Waals surface area contributed by atoms with Crippen molar-refractivity contribution in [1.29, 1.82) is 0 Å². The van der Waals surface area contributed by atoms with Gasteiger partial charge in [0.2, 0.25) is 5.91 Å². The van der Waals surface area contributed by atoms with Gasteiger partial charge in [-0.05, 0) is 38.3 Å². The first kappa shape index (κ1) is 19.5. The fourth-order valence-electron chi connectivity index (χ4n) is 3.05. The second-order valence-corrected chi connectivity index (χ2v) is 7.30. The number of nitrogens with zero attached hydrogens (tertiary/aromatic N) is 3. The highest BCUT2D eigenvalue weighted by atomic mass is 16.5. The second-order valence-electron chi connectivity index (χ2n) is 7.30. The molecule has 1 heterocycles. The van der Waals surface area contributed by atoms with Gasteiger partial charge in [-0.25, -0.2) is 9.97 Å². The van der Waals surface area contributed by atoms with Gasteiger partial charge in [0.25, 0.3) is 0 Å². The van der Waals surface area contributed by atoms with Crippen molar-refractivity contribution in [3.63, 3.8) is 0 Å². The Labute approximate surface area is 161 Å². The first-order chi connectivity index (χ1) is 13.1. The third-order valence-corrected chi connectivity index (χ3v) is 5.04. The lowest BCUT2D eigenvalue weighted by Gasteiger charge is -2.25. The Morgan fingerprint density at radius 2 is 2.07 bits per heavy atom. The van der Waals surface area contributed by atoms with Gasteiger partial charge in [-0.1, -0.05) is 19.1 Å². The summed E-state index contributed by atoms with van der Waals surface area (Å²) >= 11 is 0. The molecule has 2 aromatic rings. The van der Waals surface area contributed by atoms with E-state index in [2.05, 4.69) is 23.2 Å². The predicted octanol–water partition coefficient (Wildman–Crippen LogP) is 3.26. The number of carbonyl (C=O) groups excluding carboxylic acids is 1. The van der Waals surface area contributed by atoms with Crippen LogP contribution in [0.4, 0.5) is 5.82 Å². The molecule has 1 N–H and O–H groups in total. The molecule has 1 atom stereocenters. The smallest absolute Gasteiger partial charge is 0.221 e. The van der Waals surface area contributed by atoms with Crippen LogP contribution in [0.1, 0.15) is 51.3 Å². The van der Waals surface area contributed by atoms with Crippen molar-refractivity contribution in [2.24, 2.45) is 0 Å². The molecule has 1 aromatic heterocycles. The van der Waals surface area contributed by atoms with Gasteiger partial charge in [0, 0.05) is 44.0 Å². The van der Waals surface area contributed by atoms with Gasteiger partial charge >= 0.3 is 0 Å². The minimum Gasteiger partial charge on any atom is -0.383 e. The van der Waals surface area contributed by atoms with Gasteiger partial charge < -0.3 is 15.0 Å². The molecule has 1 saturated carbocycles. The maximum absolute atomic E-state index is 12.3. The molecule has 6 nitrogen and oxygen atoms in total. The molecule has 1 amide bonds. The summed E-state index contributed by atoms with van der Waals surface area (Å²) in [4.78, 5) is 24.1. The number of ether oxygens (including phenoxy) is 1. The van der Waals surface area contributed by atoms with Crippen LogP contribution in [-0.2, 0) is 9.53 Å². The van der Waals surface area contributed by atoms with E-state index < -0.39 is 0 Å². The number of fused-ring (bicyclic) bond motifs is 1. The van der Waals surface area contributed by atoms with Crippen LogP contribution in [0.3, 0.4) is 0 Å². The number of rotatable bonds is 10. The molecule has 6 heteroatoms. The van der Waals surface area contributed by atoms with Crippen molar-refractivity contribution < 1.29 is 9.53 Å². The SMILES string of the molecule is CC[C@@H](C)NC(=O)CCN(CCOC)c1nc(C2CC2)nc2ccccc12. The van der Waals surface area contributed by atoms with Crippen LogP contribution < -0.4 is 10.2 Å². The summed E-state index contributed by atoms with van der Waals surface area (Å²) in [5.74, 6) is 2.39. The number of hydrogen-bond acceptors (Lipinski definition) is 5. The van der Waals surface area contributed by atoms with E-state index in [0.29, 0.717) is 32.0 Å². The van der Waals surface area contributed by atoms with E-state index >= 15 is 0 Å². The number of para-hydroxylation sites is 1. The molecule has 1 aliphatic rings. The van der Waals surface area contributed by atoms with Gasteiger partial charge in [0.05, 0.1) is 12.1 Å². The fraction of sp³-hybridized carbons (Fsp3) is 0.571. The third kappa shape index (κ3) is 5.16. The van der Waals surface area contributed by atoms with E-state index in [1.54, 1.807) is 7.11 Å². The summed E-state index contributed by atoms with van der Waals surface area (Å²) in [7, 11) is 1.70. The molecular formula is C21H30N4O2. The van der Waals surface area contributed by atoms with E-state index in [4.69, 9.17) is 14.7 Å². The highest BCUT2D eigenvalue weighted by Gasteiger charge is 2.28. The van der Waals surface area contributed by atoms with Crippen LogP contribution in [-0.4, -0.2) is 48.7 Å². The zero-order valence-corrected chi connectivity index (χ0v) is 16.6. The van der Waals surface area contributed by atoms with Crippen molar-refractivity contribution in [2.45, 2.75) is 51.5 Å². The van der Waals surface area contributed by atoms with E-state index in [1.165, 1.54) is 0 Å². The van der Waals surface area contributed by atoms with E-state index in [0.717, 1.165) is 41.8 Å². The molecule has 1 aromatic carbocycles. The number of aromatic nitrogens is 2. The quantitative estimate of drug-likeness (QED) is 0.695. The van der Waals surface area contributed by atoms with E-state index in [9.17, 15) is 4.79 Å². The topological polar surface area (TPSA) is 67.4 Å². The minimum absolute atomic E-state index is 0.0764. The second kappa shape index (κ2) is 9.13. The molecule has 0 radical (unpaired) electrons. The minimum atomic E-state index is 0.0764. The highest BCUT2D eigenvalue weighted by Crippen LogP contribution is 2.39. The van der Waals surface area contributed by atoms with Gasteiger partial charge in [-0.3, -0.25) is 4.79 Å². The Hall–Kier alpha value is -2.21. The molecule has 1 fully saturated rings. The monoisotopic (exact) mass is 370 g/mol. The Morgan fingerprint density at radius 1 is 1.30 bits per heavy atom. The predicted molar refractivity (Wildman–Crippen MR) is 108 cm³/mol. The Morgan fingerprint density at radius 3 is 2.78 bits per heavy atom. The van der Waals surface area contributed by atoms with Crippen molar-refractivity contribution >= 4 is 22.6 Å². The van der Waals surface area contributed by atoms with E-state index in [-0.39, 0.29) is 11.9 Å². The number of nitrogens with one attached hydrogen (secondary N) is 1. The van der Waals surface area contributed by atoms with Crippen LogP contribution in [0.2, 0.25) is 0 Å². The molecule has 0 unspecified atom stereocenters. The zero-order chi connectivity index (χ0) is 19.2. The van der Waals surface area contributed by atoms with Crippen LogP contribution in [0.5, 0.6) is 0 Å². The summed E-state index contributed by atoms with van der Waals surface area (Å²) < 4.78 is 5.30. The maximum Gasteiger partial charge on any atom is 0.221 e. The third-order valence-electron chi connectivity index (χ3n) is 5.04. The lowest BCUT2D eigenvalue weighted by Crippen LogP contribution is -2.36. The Balaban J connectivity index is 1.84. The average molecular weight is 370 g/mol. The van der Waals surface area contributed by atoms with Gasteiger partial charge in [-0.15, -0.1) is 0 Å². The van der Waals surface area contributed by atoms with Crippen molar-refractivity contribution in [2.75, 3.05) is 31.7 Å². The molecule has 0 bridgehead atoms. The Bertz CT molecular complexity index is 776. The van der Waals surface area contributed by atoms with Gasteiger partial charge in [-0.2, -0.15) is 0 Å². The van der Waals surface area contributed by atoms with E-state index in [1.807, 2.05) is 25.1 Å². The summed E-state index contributed by atoms with van der Waals surface area (Å²) in [6, 6.07) is 8.31. The van der Waals surface area contributed by atoms with Crippen molar-refractivity contribution in [3.8, 4) is 0 Å². The molecule has 3 rings (SSSR count). The maximum atomic E-state index is 12.3. The lowest BCUT2D eigenvalue weighted by atomic mass is 10.2. The van der Waals surface area contributed by atoms with Crippen molar-refractivity contribution in [3.05, 3.63) is 30.1 Å². The number of anilines is 1. The number of methoxy groups -OCH3 is 1. The zero-order valence-electron chi connectivity index (χ0n) is 16.6. The summed E-state index contributed by atoms with van der Waals surface area (Å²) in [6.45, 7) is 5.99. The summed E-state index contributed by atoms with van der Waals surface area (Å²) in [6.07, 6.45) is 3.69. The summed E-state index contributed by atoms with van der Waals surface area (Å²) in [5, 5.41) is 4.07. The van der Waals surface area contributed by atoms with Crippen LogP contribution >= 0.6 is 0 Å². The number of carbonyl (C=O) groups is 1. The lowest BCUT2D eigenvalue weighted by molar-refractivity contribution is -0.121. The molecule has 0 saturated heterocycles. The molecular weight excluding hydrogens is 340 g/mol. The standard InChI is InChI=1S/C21H30N4O2/c1-4-15(2)22-19(26)11-12-25(13-14-27-3)21-17-7-5-6-8-18(17)23-20(24-21)16-9-10-16/h5-8,15-16H,4,9-14H2,1-3H3,(H,22,26)/t15-/m1/s1. The van der Waals surface area contributed by atoms with Crippen molar-refractivity contribution in [1.82, 2.24) is 15.3 Å². The molecule has 1 aliphatic carbocycles. The van der Waals surface area contributed by atoms with Crippen LogP contribution in [0.15, 0.2) is 24.3 Å². The highest BCUT2D eigenvalue weighted by molar-refractivity contribution is 5.89. The fourth-order valence-corrected chi connectivity index (χ4v) is 3.05. The first-order valence-electron chi connectivity index (χ1n) is 9.92. The molecule has 0 spiro atoms. The molecule has 0 aliphatic heterocycles. The van der Waals surface area contributed by atoms with Gasteiger partial charge in [0.15, 0.2) is 0 Å². The molecule has 146 valence electrons. The number of hydrogen-bond donors (Lipinski definition) is 1. The van der Waals surface area contributed by atoms with Gasteiger partial charge in [0.1, 0.15) is 11.6 Å².